The molecule has 4 heteroatoms. The van der Waals surface area contributed by atoms with Gasteiger partial charge in [0.25, 0.3) is 0 Å². The molecule has 1 aromatic carbocycles. The summed E-state index contributed by atoms with van der Waals surface area (Å²) >= 11 is 0. The van der Waals surface area contributed by atoms with E-state index in [1.165, 1.54) is 11.1 Å². The van der Waals surface area contributed by atoms with Crippen LogP contribution in [0.5, 0.6) is 0 Å². The van der Waals surface area contributed by atoms with E-state index < -0.39 is 5.97 Å². The zero-order valence-electron chi connectivity index (χ0n) is 11.4. The highest BCUT2D eigenvalue weighted by Crippen LogP contribution is 2.25. The number of rotatable bonds is 4. The maximum absolute atomic E-state index is 10.7. The molecule has 0 amide bonds. The van der Waals surface area contributed by atoms with Gasteiger partial charge in [0, 0.05) is 11.8 Å². The van der Waals surface area contributed by atoms with Crippen LogP contribution in [-0.4, -0.2) is 20.9 Å². The summed E-state index contributed by atoms with van der Waals surface area (Å²) in [4.78, 5) is 10.7. The number of aliphatic carboxylic acids is 1. The number of aromatic nitrogens is 2. The molecule has 0 aliphatic rings. The summed E-state index contributed by atoms with van der Waals surface area (Å²) in [5.41, 5.74) is 4.56. The Kier molecular flexibility index (Phi) is 3.69. The van der Waals surface area contributed by atoms with Gasteiger partial charge in [-0.15, -0.1) is 0 Å². The number of carbonyl (C=O) groups is 1. The van der Waals surface area contributed by atoms with E-state index in [9.17, 15) is 4.79 Å². The largest absolute Gasteiger partial charge is 0.481 e. The van der Waals surface area contributed by atoms with Crippen molar-refractivity contribution in [3.63, 3.8) is 0 Å². The lowest BCUT2D eigenvalue weighted by atomic mass is 10.0. The quantitative estimate of drug-likeness (QED) is 0.916. The minimum absolute atomic E-state index is 0.0773. The summed E-state index contributed by atoms with van der Waals surface area (Å²) in [6.45, 7) is 5.97. The fourth-order valence-corrected chi connectivity index (χ4v) is 2.11. The minimum atomic E-state index is -0.809. The number of nitrogens with zero attached hydrogens (tertiary/aromatic N) is 2. The number of hydrogen-bond acceptors (Lipinski definition) is 2. The van der Waals surface area contributed by atoms with Crippen molar-refractivity contribution in [1.29, 1.82) is 0 Å². The van der Waals surface area contributed by atoms with Crippen LogP contribution < -0.4 is 0 Å². The van der Waals surface area contributed by atoms with E-state index in [0.717, 1.165) is 11.1 Å². The van der Waals surface area contributed by atoms with Crippen molar-refractivity contribution < 1.29 is 9.90 Å². The van der Waals surface area contributed by atoms with Crippen LogP contribution >= 0.6 is 0 Å². The van der Waals surface area contributed by atoms with Gasteiger partial charge in [-0.1, -0.05) is 23.8 Å². The summed E-state index contributed by atoms with van der Waals surface area (Å²) in [6, 6.07) is 6.15. The summed E-state index contributed by atoms with van der Waals surface area (Å²) in [5.74, 6) is -0.809. The highest BCUT2D eigenvalue weighted by atomic mass is 16.4. The molecule has 2 aromatic rings. The van der Waals surface area contributed by atoms with Gasteiger partial charge in [-0.05, 0) is 31.9 Å². The molecule has 0 aliphatic carbocycles. The number of aryl methyl sites for hydroxylation is 2. The molecule has 0 spiro atoms. The SMILES string of the molecule is Cc1ccc(C)c(-c2cnn(C(C)CC(=O)O)c2)c1. The molecule has 1 N–H and O–H groups in total. The highest BCUT2D eigenvalue weighted by Gasteiger charge is 2.12. The van der Waals surface area contributed by atoms with Gasteiger partial charge in [0.15, 0.2) is 0 Å². The smallest absolute Gasteiger partial charge is 0.305 e. The summed E-state index contributed by atoms with van der Waals surface area (Å²) in [7, 11) is 0. The molecule has 1 heterocycles. The van der Waals surface area contributed by atoms with Gasteiger partial charge in [-0.2, -0.15) is 5.10 Å². The maximum atomic E-state index is 10.7. The molecule has 1 aromatic heterocycles. The molecular formula is C15H18N2O2. The fraction of sp³-hybridized carbons (Fsp3) is 0.333. The van der Waals surface area contributed by atoms with Gasteiger partial charge < -0.3 is 5.11 Å². The van der Waals surface area contributed by atoms with Crippen molar-refractivity contribution in [2.75, 3.05) is 0 Å². The first-order valence-corrected chi connectivity index (χ1v) is 6.31. The van der Waals surface area contributed by atoms with Crippen molar-refractivity contribution in [2.45, 2.75) is 33.2 Å². The molecule has 0 aliphatic heterocycles. The topological polar surface area (TPSA) is 55.1 Å². The summed E-state index contributed by atoms with van der Waals surface area (Å²) in [5, 5.41) is 13.1. The zero-order valence-corrected chi connectivity index (χ0v) is 11.4. The predicted octanol–water partition coefficient (Wildman–Crippen LogP) is 3.20. The Morgan fingerprint density at radius 3 is 2.84 bits per heavy atom. The lowest BCUT2D eigenvalue weighted by molar-refractivity contribution is -0.137. The van der Waals surface area contributed by atoms with Crippen LogP contribution in [0.25, 0.3) is 11.1 Å². The molecule has 0 saturated heterocycles. The molecule has 0 bridgehead atoms. The Labute approximate surface area is 112 Å². The monoisotopic (exact) mass is 258 g/mol. The fourth-order valence-electron chi connectivity index (χ4n) is 2.11. The predicted molar refractivity (Wildman–Crippen MR) is 74.1 cm³/mol. The van der Waals surface area contributed by atoms with Crippen LogP contribution in [0.1, 0.15) is 30.5 Å². The Morgan fingerprint density at radius 2 is 2.16 bits per heavy atom. The second-order valence-corrected chi connectivity index (χ2v) is 4.97. The zero-order chi connectivity index (χ0) is 14.0. The van der Waals surface area contributed by atoms with Crippen LogP contribution in [0, 0.1) is 13.8 Å². The van der Waals surface area contributed by atoms with Gasteiger partial charge in [0.1, 0.15) is 0 Å². The molecule has 2 rings (SSSR count). The van der Waals surface area contributed by atoms with Crippen LogP contribution in [-0.2, 0) is 4.79 Å². The van der Waals surface area contributed by atoms with Crippen LogP contribution in [0.3, 0.4) is 0 Å². The van der Waals surface area contributed by atoms with Gasteiger partial charge in [-0.3, -0.25) is 9.48 Å². The Bertz CT molecular complexity index is 602. The molecule has 0 radical (unpaired) electrons. The Balaban J connectivity index is 2.30. The second-order valence-electron chi connectivity index (χ2n) is 4.97. The molecule has 0 saturated carbocycles. The molecule has 1 unspecified atom stereocenters. The number of carboxylic acid groups (broad SMARTS) is 1. The van der Waals surface area contributed by atoms with Gasteiger partial charge in [-0.25, -0.2) is 0 Å². The first kappa shape index (κ1) is 13.3. The van der Waals surface area contributed by atoms with E-state index >= 15 is 0 Å². The van der Waals surface area contributed by atoms with E-state index in [2.05, 4.69) is 37.1 Å². The number of benzene rings is 1. The van der Waals surface area contributed by atoms with Crippen molar-refractivity contribution in [2.24, 2.45) is 0 Å². The van der Waals surface area contributed by atoms with Crippen molar-refractivity contribution in [3.8, 4) is 11.1 Å². The van der Waals surface area contributed by atoms with Gasteiger partial charge in [0.05, 0.1) is 18.7 Å². The van der Waals surface area contributed by atoms with Crippen LogP contribution in [0.15, 0.2) is 30.6 Å². The molecule has 4 nitrogen and oxygen atoms in total. The normalized spacial score (nSPS) is 12.4. The molecule has 100 valence electrons. The number of carboxylic acids is 1. The van der Waals surface area contributed by atoms with Gasteiger partial charge >= 0.3 is 5.97 Å². The van der Waals surface area contributed by atoms with Crippen molar-refractivity contribution in [3.05, 3.63) is 41.7 Å². The third-order valence-corrected chi connectivity index (χ3v) is 3.23. The molecular weight excluding hydrogens is 240 g/mol. The van der Waals surface area contributed by atoms with Crippen molar-refractivity contribution >= 4 is 5.97 Å². The summed E-state index contributed by atoms with van der Waals surface area (Å²) < 4.78 is 1.71. The van der Waals surface area contributed by atoms with Crippen LogP contribution in [0.2, 0.25) is 0 Å². The first-order chi connectivity index (χ1) is 8.97. The van der Waals surface area contributed by atoms with E-state index in [1.807, 2.05) is 13.1 Å². The van der Waals surface area contributed by atoms with Crippen LogP contribution in [0.4, 0.5) is 0 Å². The third-order valence-electron chi connectivity index (χ3n) is 3.23. The van der Waals surface area contributed by atoms with E-state index in [0.29, 0.717) is 0 Å². The first-order valence-electron chi connectivity index (χ1n) is 6.31. The lowest BCUT2D eigenvalue weighted by Gasteiger charge is -2.09. The molecule has 0 fully saturated rings. The Morgan fingerprint density at radius 1 is 1.42 bits per heavy atom. The van der Waals surface area contributed by atoms with E-state index in [4.69, 9.17) is 5.11 Å². The second kappa shape index (κ2) is 5.26. The molecule has 1 atom stereocenters. The Hall–Kier alpha value is -2.10. The average molecular weight is 258 g/mol. The lowest BCUT2D eigenvalue weighted by Crippen LogP contribution is -2.10. The number of hydrogen-bond donors (Lipinski definition) is 1. The standard InChI is InChI=1S/C15H18N2O2/c1-10-4-5-11(2)14(6-10)13-8-16-17(9-13)12(3)7-15(18)19/h4-6,8-9,12H,7H2,1-3H3,(H,18,19). The molecule has 19 heavy (non-hydrogen) atoms. The van der Waals surface area contributed by atoms with E-state index in [-0.39, 0.29) is 12.5 Å². The minimum Gasteiger partial charge on any atom is -0.481 e. The maximum Gasteiger partial charge on any atom is 0.305 e. The average Bonchev–Trinajstić information content (AvgIpc) is 2.80. The van der Waals surface area contributed by atoms with Crippen molar-refractivity contribution in [1.82, 2.24) is 9.78 Å². The third kappa shape index (κ3) is 3.02. The van der Waals surface area contributed by atoms with Gasteiger partial charge in [0.2, 0.25) is 0 Å². The summed E-state index contributed by atoms with van der Waals surface area (Å²) in [6.07, 6.45) is 3.78. The highest BCUT2D eigenvalue weighted by molar-refractivity contribution is 5.68. The van der Waals surface area contributed by atoms with E-state index in [1.54, 1.807) is 10.9 Å².